The molecule has 0 aromatic heterocycles. The Morgan fingerprint density at radius 2 is 1.93 bits per heavy atom. The van der Waals surface area contributed by atoms with Crippen LogP contribution in [0.15, 0.2) is 24.3 Å². The molecule has 2 aliphatic rings. The molecule has 3 rings (SSSR count). The lowest BCUT2D eigenvalue weighted by atomic mass is 9.69. The molecule has 1 saturated carbocycles. The molecule has 1 aliphatic heterocycles. The summed E-state index contributed by atoms with van der Waals surface area (Å²) in [6.07, 6.45) is 3.83. The molecule has 27 heavy (non-hydrogen) atoms. The van der Waals surface area contributed by atoms with Crippen LogP contribution in [-0.2, 0) is 25.6 Å². The number of hydrogen-bond acceptors (Lipinski definition) is 6. The molecular weight excluding hydrogens is 370 g/mol. The van der Waals surface area contributed by atoms with E-state index in [1.807, 2.05) is 31.2 Å². The summed E-state index contributed by atoms with van der Waals surface area (Å²) < 4.78 is 38.7. The topological polar surface area (TPSA) is 82.1 Å². The van der Waals surface area contributed by atoms with Gasteiger partial charge in [-0.2, -0.15) is 8.42 Å². The van der Waals surface area contributed by atoms with E-state index < -0.39 is 15.7 Å². The van der Waals surface area contributed by atoms with Gasteiger partial charge >= 0.3 is 6.09 Å². The number of hydrogen-bond donors (Lipinski definition) is 0. The standard InChI is InChI=1S/C19H27NO6S/c1-18(14-25-27(3,22)23)9-4-10-19(12-18)13-20(17(21)26-19)11-15-5-7-16(24-2)8-6-15/h5-8H,4,9-14H2,1-3H3. The van der Waals surface area contributed by atoms with Crippen LogP contribution in [0.3, 0.4) is 0 Å². The third-order valence-electron chi connectivity index (χ3n) is 5.36. The number of carbonyl (C=O) groups is 1. The second-order valence-electron chi connectivity index (χ2n) is 8.06. The second kappa shape index (κ2) is 7.31. The highest BCUT2D eigenvalue weighted by Gasteiger charge is 2.51. The van der Waals surface area contributed by atoms with Crippen molar-refractivity contribution in [3.63, 3.8) is 0 Å². The van der Waals surface area contributed by atoms with Crippen molar-refractivity contribution in [1.29, 1.82) is 0 Å². The Balaban J connectivity index is 1.67. The zero-order chi connectivity index (χ0) is 19.7. The molecule has 2 unspecified atom stereocenters. The fraction of sp³-hybridized carbons (Fsp3) is 0.632. The van der Waals surface area contributed by atoms with Crippen molar-refractivity contribution in [2.45, 2.75) is 44.8 Å². The Labute approximate surface area is 160 Å². The molecule has 150 valence electrons. The van der Waals surface area contributed by atoms with Crippen LogP contribution >= 0.6 is 0 Å². The third-order valence-corrected chi connectivity index (χ3v) is 5.90. The lowest BCUT2D eigenvalue weighted by Gasteiger charge is -2.42. The van der Waals surface area contributed by atoms with Crippen LogP contribution in [0.5, 0.6) is 5.75 Å². The predicted octanol–water partition coefficient (Wildman–Crippen LogP) is 2.94. The van der Waals surface area contributed by atoms with E-state index in [0.29, 0.717) is 19.5 Å². The quantitative estimate of drug-likeness (QED) is 0.687. The van der Waals surface area contributed by atoms with Crippen molar-refractivity contribution in [3.8, 4) is 5.75 Å². The minimum atomic E-state index is -3.49. The number of nitrogens with zero attached hydrogens (tertiary/aromatic N) is 1. The first-order valence-electron chi connectivity index (χ1n) is 9.07. The Hall–Kier alpha value is -1.80. The average molecular weight is 397 g/mol. The molecule has 1 spiro atoms. The van der Waals surface area contributed by atoms with E-state index in [1.165, 1.54) is 0 Å². The number of amides is 1. The van der Waals surface area contributed by atoms with Crippen molar-refractivity contribution in [3.05, 3.63) is 29.8 Å². The highest BCUT2D eigenvalue weighted by atomic mass is 32.2. The molecule has 1 amide bonds. The molecule has 1 aromatic carbocycles. The van der Waals surface area contributed by atoms with Crippen LogP contribution in [0.1, 0.15) is 38.2 Å². The number of methoxy groups -OCH3 is 1. The molecular formula is C19H27NO6S. The smallest absolute Gasteiger partial charge is 0.410 e. The fourth-order valence-electron chi connectivity index (χ4n) is 4.15. The molecule has 0 bridgehead atoms. The molecule has 7 nitrogen and oxygen atoms in total. The van der Waals surface area contributed by atoms with Crippen molar-refractivity contribution < 1.29 is 26.9 Å². The Bertz CT molecular complexity index is 793. The molecule has 1 aromatic rings. The van der Waals surface area contributed by atoms with Crippen LogP contribution < -0.4 is 4.74 Å². The van der Waals surface area contributed by atoms with E-state index in [-0.39, 0.29) is 18.1 Å². The monoisotopic (exact) mass is 397 g/mol. The predicted molar refractivity (Wildman–Crippen MR) is 100.0 cm³/mol. The molecule has 8 heteroatoms. The zero-order valence-corrected chi connectivity index (χ0v) is 16.9. The first-order valence-corrected chi connectivity index (χ1v) is 10.9. The van der Waals surface area contributed by atoms with E-state index in [9.17, 15) is 13.2 Å². The number of benzene rings is 1. The SMILES string of the molecule is COc1ccc(CN2CC3(CCCC(C)(COS(C)(=O)=O)C3)OC2=O)cc1. The van der Waals surface area contributed by atoms with Crippen molar-refractivity contribution >= 4 is 16.2 Å². The van der Waals surface area contributed by atoms with Gasteiger partial charge in [-0.1, -0.05) is 19.1 Å². The minimum Gasteiger partial charge on any atom is -0.497 e. The zero-order valence-electron chi connectivity index (χ0n) is 16.1. The number of rotatable bonds is 6. The Kier molecular flexibility index (Phi) is 5.40. The van der Waals surface area contributed by atoms with E-state index in [1.54, 1.807) is 12.0 Å². The van der Waals surface area contributed by atoms with Gasteiger partial charge in [-0.15, -0.1) is 0 Å². The van der Waals surface area contributed by atoms with Gasteiger partial charge in [-0.05, 0) is 48.8 Å². The van der Waals surface area contributed by atoms with Crippen molar-refractivity contribution in [2.24, 2.45) is 5.41 Å². The molecule has 2 atom stereocenters. The van der Waals surface area contributed by atoms with E-state index in [2.05, 4.69) is 0 Å². The second-order valence-corrected chi connectivity index (χ2v) is 9.71. The van der Waals surface area contributed by atoms with Gasteiger partial charge in [0.2, 0.25) is 0 Å². The Morgan fingerprint density at radius 1 is 1.22 bits per heavy atom. The molecule has 1 aliphatic carbocycles. The summed E-state index contributed by atoms with van der Waals surface area (Å²) >= 11 is 0. The molecule has 0 N–H and O–H groups in total. The van der Waals surface area contributed by atoms with Crippen LogP contribution in [-0.4, -0.2) is 51.5 Å². The summed E-state index contributed by atoms with van der Waals surface area (Å²) in [6.45, 7) is 3.09. The lowest BCUT2D eigenvalue weighted by molar-refractivity contribution is -0.0357. The summed E-state index contributed by atoms with van der Waals surface area (Å²) in [4.78, 5) is 14.2. The third kappa shape index (κ3) is 4.93. The van der Waals surface area contributed by atoms with Gasteiger partial charge < -0.3 is 9.47 Å². The van der Waals surface area contributed by atoms with E-state index >= 15 is 0 Å². The van der Waals surface area contributed by atoms with Crippen molar-refractivity contribution in [1.82, 2.24) is 4.90 Å². The average Bonchev–Trinajstić information content (AvgIpc) is 2.88. The first-order chi connectivity index (χ1) is 12.6. The van der Waals surface area contributed by atoms with Gasteiger partial charge in [0.05, 0.1) is 26.5 Å². The van der Waals surface area contributed by atoms with Gasteiger partial charge in [-0.3, -0.25) is 9.08 Å². The van der Waals surface area contributed by atoms with E-state index in [0.717, 1.165) is 36.8 Å². The number of ether oxygens (including phenoxy) is 2. The normalized spacial score (nSPS) is 28.4. The Morgan fingerprint density at radius 3 is 2.56 bits per heavy atom. The summed E-state index contributed by atoms with van der Waals surface area (Å²) in [5, 5.41) is 0. The van der Waals surface area contributed by atoms with Gasteiger partial charge in [-0.25, -0.2) is 4.79 Å². The maximum absolute atomic E-state index is 12.5. The molecule has 1 saturated heterocycles. The summed E-state index contributed by atoms with van der Waals surface area (Å²) in [5.41, 5.74) is 0.0959. The van der Waals surface area contributed by atoms with Gasteiger partial charge in [0, 0.05) is 6.54 Å². The van der Waals surface area contributed by atoms with Crippen LogP contribution in [0.2, 0.25) is 0 Å². The van der Waals surface area contributed by atoms with E-state index in [4.69, 9.17) is 13.7 Å². The highest BCUT2D eigenvalue weighted by Crippen LogP contribution is 2.46. The van der Waals surface area contributed by atoms with Crippen LogP contribution in [0, 0.1) is 5.41 Å². The maximum atomic E-state index is 12.5. The fourth-order valence-corrected chi connectivity index (χ4v) is 4.65. The molecule has 1 heterocycles. The van der Waals surface area contributed by atoms with Crippen LogP contribution in [0.25, 0.3) is 0 Å². The number of carbonyl (C=O) groups excluding carboxylic acids is 1. The largest absolute Gasteiger partial charge is 0.497 e. The highest BCUT2D eigenvalue weighted by molar-refractivity contribution is 7.85. The lowest BCUT2D eigenvalue weighted by Crippen LogP contribution is -2.45. The van der Waals surface area contributed by atoms with Gasteiger partial charge in [0.15, 0.2) is 0 Å². The first kappa shape index (κ1) is 19.9. The summed E-state index contributed by atoms with van der Waals surface area (Å²) in [6, 6.07) is 7.60. The molecule has 0 radical (unpaired) electrons. The van der Waals surface area contributed by atoms with Crippen molar-refractivity contribution in [2.75, 3.05) is 26.5 Å². The van der Waals surface area contributed by atoms with Crippen LogP contribution in [0.4, 0.5) is 4.79 Å². The summed E-state index contributed by atoms with van der Waals surface area (Å²) in [7, 11) is -1.88. The minimum absolute atomic E-state index is 0.115. The van der Waals surface area contributed by atoms with Gasteiger partial charge in [0.1, 0.15) is 11.4 Å². The maximum Gasteiger partial charge on any atom is 0.410 e. The van der Waals surface area contributed by atoms with Gasteiger partial charge in [0.25, 0.3) is 10.1 Å². The molecule has 2 fully saturated rings. The summed E-state index contributed by atoms with van der Waals surface area (Å²) in [5.74, 6) is 0.771.